The smallest absolute Gasteiger partial charge is 0.145 e. The summed E-state index contributed by atoms with van der Waals surface area (Å²) in [4.78, 5) is 7.66. The highest BCUT2D eigenvalue weighted by Gasteiger charge is 2.12. The molecule has 0 aromatic carbocycles. The first-order chi connectivity index (χ1) is 5.47. The van der Waals surface area contributed by atoms with Crippen molar-refractivity contribution in [3.05, 3.63) is 22.8 Å². The number of rotatable bonds is 2. The molecule has 0 saturated heterocycles. The van der Waals surface area contributed by atoms with Gasteiger partial charge in [0, 0.05) is 10.7 Å². The SMILES string of the molecule is C[Si](C)(C)Nc1ccc(Br)cn1. The molecule has 0 atom stereocenters. The van der Waals surface area contributed by atoms with E-state index in [1.54, 1.807) is 0 Å². The minimum Gasteiger partial charge on any atom is -0.396 e. The minimum atomic E-state index is -1.24. The number of hydrogen-bond donors (Lipinski definition) is 1. The van der Waals surface area contributed by atoms with Crippen molar-refractivity contribution in [1.82, 2.24) is 4.98 Å². The van der Waals surface area contributed by atoms with E-state index in [9.17, 15) is 0 Å². The zero-order chi connectivity index (χ0) is 9.19. The molecule has 12 heavy (non-hydrogen) atoms. The van der Waals surface area contributed by atoms with Crippen molar-refractivity contribution in [3.8, 4) is 0 Å². The molecule has 0 aliphatic carbocycles. The number of hydrogen-bond acceptors (Lipinski definition) is 2. The molecular formula is C8H13BrN2Si. The van der Waals surface area contributed by atoms with Gasteiger partial charge >= 0.3 is 0 Å². The van der Waals surface area contributed by atoms with Crippen molar-refractivity contribution in [1.29, 1.82) is 0 Å². The summed E-state index contributed by atoms with van der Waals surface area (Å²) in [6.45, 7) is 6.74. The van der Waals surface area contributed by atoms with Gasteiger partial charge in [0.05, 0.1) is 0 Å². The van der Waals surface area contributed by atoms with Gasteiger partial charge in [-0.25, -0.2) is 4.98 Å². The van der Waals surface area contributed by atoms with E-state index < -0.39 is 8.24 Å². The average Bonchev–Trinajstić information content (AvgIpc) is 1.91. The molecule has 0 aliphatic rings. The number of anilines is 1. The molecule has 1 rings (SSSR count). The van der Waals surface area contributed by atoms with E-state index in [-0.39, 0.29) is 0 Å². The Morgan fingerprint density at radius 1 is 1.33 bits per heavy atom. The molecule has 0 amide bonds. The molecule has 2 nitrogen and oxygen atoms in total. The van der Waals surface area contributed by atoms with Crippen molar-refractivity contribution in [2.45, 2.75) is 19.6 Å². The first-order valence-corrected chi connectivity index (χ1v) is 8.16. The van der Waals surface area contributed by atoms with Crippen molar-refractivity contribution in [2.24, 2.45) is 0 Å². The van der Waals surface area contributed by atoms with E-state index in [0.717, 1.165) is 10.3 Å². The summed E-state index contributed by atoms with van der Waals surface area (Å²) in [5.41, 5.74) is 0. The van der Waals surface area contributed by atoms with Crippen molar-refractivity contribution >= 4 is 30.0 Å². The highest BCUT2D eigenvalue weighted by atomic mass is 79.9. The molecular weight excluding hydrogens is 232 g/mol. The fourth-order valence-electron chi connectivity index (χ4n) is 0.834. The molecule has 66 valence electrons. The topological polar surface area (TPSA) is 24.9 Å². The Hall–Kier alpha value is -0.353. The summed E-state index contributed by atoms with van der Waals surface area (Å²) >= 11 is 3.35. The van der Waals surface area contributed by atoms with Gasteiger partial charge in [0.1, 0.15) is 14.1 Å². The van der Waals surface area contributed by atoms with Crippen LogP contribution in [0.5, 0.6) is 0 Å². The maximum Gasteiger partial charge on any atom is 0.145 e. The molecule has 1 aromatic rings. The molecule has 1 aromatic heterocycles. The predicted molar refractivity (Wildman–Crippen MR) is 58.9 cm³/mol. The Labute approximate surface area is 82.6 Å². The zero-order valence-corrected chi connectivity index (χ0v) is 10.1. The molecule has 1 heterocycles. The second-order valence-corrected chi connectivity index (χ2v) is 9.40. The maximum atomic E-state index is 4.24. The van der Waals surface area contributed by atoms with Gasteiger partial charge in [-0.3, -0.25) is 0 Å². The summed E-state index contributed by atoms with van der Waals surface area (Å²) in [7, 11) is -1.24. The first kappa shape index (κ1) is 9.73. The maximum absolute atomic E-state index is 4.24. The zero-order valence-electron chi connectivity index (χ0n) is 7.56. The van der Waals surface area contributed by atoms with Crippen LogP contribution in [0.4, 0.5) is 5.82 Å². The quantitative estimate of drug-likeness (QED) is 0.810. The van der Waals surface area contributed by atoms with Gasteiger partial charge in [-0.05, 0) is 28.1 Å². The van der Waals surface area contributed by atoms with Gasteiger partial charge in [0.15, 0.2) is 0 Å². The van der Waals surface area contributed by atoms with Crippen LogP contribution in [0.2, 0.25) is 19.6 Å². The van der Waals surface area contributed by atoms with Gasteiger partial charge in [-0.2, -0.15) is 0 Å². The Kier molecular flexibility index (Phi) is 2.90. The molecule has 1 N–H and O–H groups in total. The minimum absolute atomic E-state index is 0.970. The number of halogens is 1. The standard InChI is InChI=1S/C8H13BrN2Si/c1-12(2,3)11-8-5-4-7(9)6-10-8/h4-6H,1-3H3,(H,10,11). The Morgan fingerprint density at radius 2 is 2.00 bits per heavy atom. The Morgan fingerprint density at radius 3 is 2.42 bits per heavy atom. The molecule has 0 aliphatic heterocycles. The lowest BCUT2D eigenvalue weighted by atomic mass is 10.5. The van der Waals surface area contributed by atoms with E-state index in [4.69, 9.17) is 0 Å². The lowest BCUT2D eigenvalue weighted by Gasteiger charge is -2.18. The van der Waals surface area contributed by atoms with E-state index in [0.29, 0.717) is 0 Å². The Bertz CT molecular complexity index is 253. The van der Waals surface area contributed by atoms with Gasteiger partial charge in [-0.1, -0.05) is 19.6 Å². The summed E-state index contributed by atoms with van der Waals surface area (Å²) in [6, 6.07) is 3.98. The molecule has 0 spiro atoms. The second-order valence-electron chi connectivity index (χ2n) is 3.74. The van der Waals surface area contributed by atoms with Crippen LogP contribution in [0.3, 0.4) is 0 Å². The van der Waals surface area contributed by atoms with Gasteiger partial charge in [0.25, 0.3) is 0 Å². The lowest BCUT2D eigenvalue weighted by molar-refractivity contribution is 1.30. The van der Waals surface area contributed by atoms with E-state index in [1.165, 1.54) is 0 Å². The van der Waals surface area contributed by atoms with Crippen LogP contribution in [-0.2, 0) is 0 Å². The van der Waals surface area contributed by atoms with Crippen molar-refractivity contribution in [3.63, 3.8) is 0 Å². The van der Waals surface area contributed by atoms with E-state index in [2.05, 4.69) is 45.5 Å². The highest BCUT2D eigenvalue weighted by Crippen LogP contribution is 2.13. The van der Waals surface area contributed by atoms with Crippen LogP contribution in [0.25, 0.3) is 0 Å². The van der Waals surface area contributed by atoms with Crippen LogP contribution in [0, 0.1) is 0 Å². The third-order valence-electron chi connectivity index (χ3n) is 1.23. The summed E-state index contributed by atoms with van der Waals surface area (Å²) in [6.07, 6.45) is 1.81. The van der Waals surface area contributed by atoms with Crippen LogP contribution in [0.1, 0.15) is 0 Å². The fourth-order valence-corrected chi connectivity index (χ4v) is 1.98. The second kappa shape index (κ2) is 3.58. The summed E-state index contributed by atoms with van der Waals surface area (Å²) in [5.74, 6) is 0.970. The number of nitrogens with one attached hydrogen (secondary N) is 1. The van der Waals surface area contributed by atoms with E-state index >= 15 is 0 Å². The molecule has 0 saturated carbocycles. The molecule has 4 heteroatoms. The van der Waals surface area contributed by atoms with Crippen LogP contribution < -0.4 is 4.98 Å². The first-order valence-electron chi connectivity index (χ1n) is 3.87. The van der Waals surface area contributed by atoms with Crippen LogP contribution in [-0.4, -0.2) is 13.2 Å². The largest absolute Gasteiger partial charge is 0.396 e. The number of aromatic nitrogens is 1. The van der Waals surface area contributed by atoms with Gasteiger partial charge in [-0.15, -0.1) is 0 Å². The van der Waals surface area contributed by atoms with Crippen LogP contribution >= 0.6 is 15.9 Å². The molecule has 0 bridgehead atoms. The average molecular weight is 245 g/mol. The molecule has 0 radical (unpaired) electrons. The number of nitrogens with zero attached hydrogens (tertiary/aromatic N) is 1. The monoisotopic (exact) mass is 244 g/mol. The molecule has 0 unspecified atom stereocenters. The van der Waals surface area contributed by atoms with Crippen LogP contribution in [0.15, 0.2) is 22.8 Å². The number of pyridine rings is 1. The highest BCUT2D eigenvalue weighted by molar-refractivity contribution is 9.10. The third kappa shape index (κ3) is 3.36. The van der Waals surface area contributed by atoms with E-state index in [1.807, 2.05) is 18.3 Å². The van der Waals surface area contributed by atoms with Crippen molar-refractivity contribution < 1.29 is 0 Å². The summed E-state index contributed by atoms with van der Waals surface area (Å²) < 4.78 is 1.02. The predicted octanol–water partition coefficient (Wildman–Crippen LogP) is 3.09. The normalized spacial score (nSPS) is 11.3. The molecule has 0 fully saturated rings. The van der Waals surface area contributed by atoms with Gasteiger partial charge < -0.3 is 4.98 Å². The third-order valence-corrected chi connectivity index (χ3v) is 2.71. The van der Waals surface area contributed by atoms with Gasteiger partial charge in [0.2, 0.25) is 0 Å². The van der Waals surface area contributed by atoms with Crippen molar-refractivity contribution in [2.75, 3.05) is 4.98 Å². The fraction of sp³-hybridized carbons (Fsp3) is 0.375. The summed E-state index contributed by atoms with van der Waals surface area (Å²) in [5, 5.41) is 0. The Balaban J connectivity index is 2.71. The lowest BCUT2D eigenvalue weighted by Crippen LogP contribution is -2.32.